The summed E-state index contributed by atoms with van der Waals surface area (Å²) in [5.41, 5.74) is 2.68. The number of carboxylic acids is 2. The Morgan fingerprint density at radius 3 is 2.09 bits per heavy atom. The van der Waals surface area contributed by atoms with Crippen molar-refractivity contribution in [2.24, 2.45) is 0 Å². The molecule has 0 radical (unpaired) electrons. The van der Waals surface area contributed by atoms with E-state index in [0.29, 0.717) is 18.7 Å². The lowest BCUT2D eigenvalue weighted by Crippen LogP contribution is -2.44. The van der Waals surface area contributed by atoms with Gasteiger partial charge in [0.1, 0.15) is 0 Å². The number of carboxylic acid groups (broad SMARTS) is 2. The van der Waals surface area contributed by atoms with E-state index in [1.807, 2.05) is 11.9 Å². The van der Waals surface area contributed by atoms with Gasteiger partial charge in [0.2, 0.25) is 5.91 Å². The fourth-order valence-electron chi connectivity index (χ4n) is 3.95. The van der Waals surface area contributed by atoms with Gasteiger partial charge < -0.3 is 19.8 Å². The van der Waals surface area contributed by atoms with Crippen molar-refractivity contribution >= 4 is 17.8 Å². The number of ether oxygens (including phenoxy) is 1. The van der Waals surface area contributed by atoms with E-state index in [9.17, 15) is 14.4 Å². The molecule has 1 atom stereocenters. The molecule has 1 saturated carbocycles. The van der Waals surface area contributed by atoms with Gasteiger partial charge in [-0.05, 0) is 36.8 Å². The third-order valence-electron chi connectivity index (χ3n) is 6.05. The minimum absolute atomic E-state index is 0.108. The van der Waals surface area contributed by atoms with Gasteiger partial charge >= 0.3 is 11.9 Å². The molecule has 1 aliphatic carbocycles. The normalized spacial score (nSPS) is 18.1. The second-order valence-corrected chi connectivity index (χ2v) is 8.23. The molecular formula is C24H34N2O6. The van der Waals surface area contributed by atoms with E-state index in [1.165, 1.54) is 36.8 Å². The Balaban J connectivity index is 0.000000390. The average Bonchev–Trinajstić information content (AvgIpc) is 3.33. The van der Waals surface area contributed by atoms with Crippen LogP contribution < -0.4 is 0 Å². The summed E-state index contributed by atoms with van der Waals surface area (Å²) in [5.74, 6) is -1.58. The highest BCUT2D eigenvalue weighted by molar-refractivity contribution is 5.89. The number of carbonyl (C=O) groups is 3. The molecule has 3 rings (SSSR count). The number of aliphatic carboxylic acids is 2. The van der Waals surface area contributed by atoms with E-state index >= 15 is 0 Å². The van der Waals surface area contributed by atoms with Crippen LogP contribution in [0.25, 0.3) is 0 Å². The first kappa shape index (κ1) is 25.5. The van der Waals surface area contributed by atoms with Gasteiger partial charge in [0.05, 0.1) is 25.8 Å². The Labute approximate surface area is 189 Å². The molecule has 1 aliphatic heterocycles. The average molecular weight is 447 g/mol. The Hall–Kier alpha value is -2.71. The Morgan fingerprint density at radius 1 is 1.06 bits per heavy atom. The smallest absolute Gasteiger partial charge is 0.328 e. The summed E-state index contributed by atoms with van der Waals surface area (Å²) >= 11 is 0. The third-order valence-corrected chi connectivity index (χ3v) is 6.05. The number of amides is 1. The Kier molecular flexibility index (Phi) is 10.4. The standard InChI is InChI=1S/C20H30N2O2.C4H4O4/c1-16(21(2)20(23)15-22-11-13-24-14-12-22)17-7-9-19(10-8-17)18-5-3-4-6-18;5-3(6)1-2-4(7)8/h7-10,16,18H,3-6,11-15H2,1-2H3;1-2H,(H,5,6)(H,7,8)/b;2-1-. The quantitative estimate of drug-likeness (QED) is 0.620. The van der Waals surface area contributed by atoms with Crippen molar-refractivity contribution < 1.29 is 29.3 Å². The van der Waals surface area contributed by atoms with Gasteiger partial charge in [-0.2, -0.15) is 0 Å². The largest absolute Gasteiger partial charge is 0.478 e. The predicted molar refractivity (Wildman–Crippen MR) is 121 cm³/mol. The molecule has 1 aromatic carbocycles. The molecule has 176 valence electrons. The first-order chi connectivity index (χ1) is 15.3. The Morgan fingerprint density at radius 2 is 1.59 bits per heavy atom. The molecule has 1 saturated heterocycles. The van der Waals surface area contributed by atoms with E-state index in [-0.39, 0.29) is 11.9 Å². The summed E-state index contributed by atoms with van der Waals surface area (Å²) < 4.78 is 5.35. The fraction of sp³-hybridized carbons (Fsp3) is 0.542. The molecule has 2 aliphatic rings. The van der Waals surface area contributed by atoms with Crippen molar-refractivity contribution in [1.29, 1.82) is 0 Å². The summed E-state index contributed by atoms with van der Waals surface area (Å²) in [4.78, 5) is 35.7. The lowest BCUT2D eigenvalue weighted by Gasteiger charge is -2.31. The van der Waals surface area contributed by atoms with E-state index < -0.39 is 11.9 Å². The number of hydrogen-bond donors (Lipinski definition) is 2. The Bertz CT molecular complexity index is 764. The minimum atomic E-state index is -1.26. The summed E-state index contributed by atoms with van der Waals surface area (Å²) in [6, 6.07) is 9.05. The van der Waals surface area contributed by atoms with E-state index in [0.717, 1.165) is 32.2 Å². The van der Waals surface area contributed by atoms with Crippen LogP contribution in [-0.2, 0) is 19.1 Å². The van der Waals surface area contributed by atoms with Gasteiger partial charge in [0.15, 0.2) is 0 Å². The van der Waals surface area contributed by atoms with Crippen molar-refractivity contribution in [3.63, 3.8) is 0 Å². The van der Waals surface area contributed by atoms with Crippen molar-refractivity contribution in [1.82, 2.24) is 9.80 Å². The topological polar surface area (TPSA) is 107 Å². The van der Waals surface area contributed by atoms with Crippen LogP contribution in [0.2, 0.25) is 0 Å². The maximum atomic E-state index is 12.5. The maximum Gasteiger partial charge on any atom is 0.328 e. The number of rotatable bonds is 7. The zero-order valence-electron chi connectivity index (χ0n) is 18.9. The first-order valence-corrected chi connectivity index (χ1v) is 11.1. The van der Waals surface area contributed by atoms with Crippen LogP contribution in [0.5, 0.6) is 0 Å². The second kappa shape index (κ2) is 13.0. The van der Waals surface area contributed by atoms with Gasteiger partial charge in [-0.25, -0.2) is 9.59 Å². The summed E-state index contributed by atoms with van der Waals surface area (Å²) in [6.07, 6.45) is 6.49. The number of likely N-dealkylation sites (N-methyl/N-ethyl adjacent to an activating group) is 1. The zero-order valence-corrected chi connectivity index (χ0v) is 18.9. The van der Waals surface area contributed by atoms with Gasteiger partial charge in [-0.3, -0.25) is 9.69 Å². The van der Waals surface area contributed by atoms with Crippen LogP contribution in [0.15, 0.2) is 36.4 Å². The number of benzene rings is 1. The van der Waals surface area contributed by atoms with Crippen molar-refractivity contribution in [3.05, 3.63) is 47.5 Å². The second-order valence-electron chi connectivity index (χ2n) is 8.23. The SMILES string of the molecule is CC(c1ccc(C2CCCC2)cc1)N(C)C(=O)CN1CCOCC1.O=C(O)/C=C\C(=O)O. The van der Waals surface area contributed by atoms with Crippen LogP contribution in [-0.4, -0.2) is 77.8 Å². The number of hydrogen-bond acceptors (Lipinski definition) is 5. The predicted octanol–water partition coefficient (Wildman–Crippen LogP) is 2.91. The third kappa shape index (κ3) is 8.43. The van der Waals surface area contributed by atoms with Crippen LogP contribution >= 0.6 is 0 Å². The molecular weight excluding hydrogens is 412 g/mol. The van der Waals surface area contributed by atoms with Gasteiger partial charge in [0.25, 0.3) is 0 Å². The van der Waals surface area contributed by atoms with Gasteiger partial charge in [-0.1, -0.05) is 37.1 Å². The van der Waals surface area contributed by atoms with Crippen LogP contribution in [0.4, 0.5) is 0 Å². The van der Waals surface area contributed by atoms with Gasteiger partial charge in [0, 0.05) is 32.3 Å². The van der Waals surface area contributed by atoms with Crippen LogP contribution in [0.3, 0.4) is 0 Å². The maximum absolute atomic E-state index is 12.5. The van der Waals surface area contributed by atoms with Gasteiger partial charge in [-0.15, -0.1) is 0 Å². The molecule has 0 bridgehead atoms. The minimum Gasteiger partial charge on any atom is -0.478 e. The van der Waals surface area contributed by atoms with E-state index in [4.69, 9.17) is 14.9 Å². The molecule has 1 unspecified atom stereocenters. The summed E-state index contributed by atoms with van der Waals surface area (Å²) in [5, 5.41) is 15.6. The lowest BCUT2D eigenvalue weighted by molar-refractivity contribution is -0.134. The lowest BCUT2D eigenvalue weighted by atomic mass is 9.95. The van der Waals surface area contributed by atoms with Crippen LogP contribution in [0, 0.1) is 0 Å². The zero-order chi connectivity index (χ0) is 23.5. The van der Waals surface area contributed by atoms with Crippen molar-refractivity contribution in [3.8, 4) is 0 Å². The molecule has 8 nitrogen and oxygen atoms in total. The van der Waals surface area contributed by atoms with Crippen LogP contribution in [0.1, 0.15) is 55.7 Å². The molecule has 1 aromatic rings. The highest BCUT2D eigenvalue weighted by atomic mass is 16.5. The highest BCUT2D eigenvalue weighted by Gasteiger charge is 2.22. The number of nitrogens with zero attached hydrogens (tertiary/aromatic N) is 2. The summed E-state index contributed by atoms with van der Waals surface area (Å²) in [7, 11) is 1.92. The van der Waals surface area contributed by atoms with Crippen molar-refractivity contribution in [2.75, 3.05) is 39.9 Å². The first-order valence-electron chi connectivity index (χ1n) is 11.1. The van der Waals surface area contributed by atoms with E-state index in [2.05, 4.69) is 36.1 Å². The highest BCUT2D eigenvalue weighted by Crippen LogP contribution is 2.34. The molecule has 1 amide bonds. The van der Waals surface area contributed by atoms with E-state index in [1.54, 1.807) is 0 Å². The number of carbonyl (C=O) groups excluding carboxylic acids is 1. The fourth-order valence-corrected chi connectivity index (χ4v) is 3.95. The van der Waals surface area contributed by atoms with Crippen molar-refractivity contribution in [2.45, 2.75) is 44.6 Å². The summed E-state index contributed by atoms with van der Waals surface area (Å²) in [6.45, 7) is 5.77. The molecule has 2 fully saturated rings. The molecule has 0 aromatic heterocycles. The number of morpholine rings is 1. The molecule has 2 N–H and O–H groups in total. The molecule has 32 heavy (non-hydrogen) atoms. The molecule has 1 heterocycles. The monoisotopic (exact) mass is 446 g/mol. The molecule has 0 spiro atoms. The molecule has 8 heteroatoms.